The van der Waals surface area contributed by atoms with Crippen LogP contribution in [0.4, 0.5) is 0 Å². The highest BCUT2D eigenvalue weighted by Crippen LogP contribution is 2.60. The molecule has 1 heterocycles. The van der Waals surface area contributed by atoms with Gasteiger partial charge in [0.2, 0.25) is 0 Å². The molecule has 14 heteroatoms. The summed E-state index contributed by atoms with van der Waals surface area (Å²) in [7, 11) is 4.47. The van der Waals surface area contributed by atoms with E-state index in [1.807, 2.05) is 24.3 Å². The summed E-state index contributed by atoms with van der Waals surface area (Å²) in [6.07, 6.45) is 31.1. The van der Waals surface area contributed by atoms with Crippen molar-refractivity contribution in [3.8, 4) is 11.5 Å². The molecule has 8 bridgehead atoms. The van der Waals surface area contributed by atoms with Gasteiger partial charge in [-0.3, -0.25) is 9.59 Å². The molecule has 12 fully saturated rings. The summed E-state index contributed by atoms with van der Waals surface area (Å²) in [5.74, 6) is 2.72. The van der Waals surface area contributed by atoms with Crippen LogP contribution in [0.1, 0.15) is 200 Å². The molecule has 0 amide bonds. The van der Waals surface area contributed by atoms with Crippen LogP contribution in [0.15, 0.2) is 405 Å². The van der Waals surface area contributed by atoms with Gasteiger partial charge >= 0.3 is 0 Å². The number of aliphatic carboxylic acids is 2. The summed E-state index contributed by atoms with van der Waals surface area (Å²) < 4.78 is 7.18. The van der Waals surface area contributed by atoms with Crippen LogP contribution in [0.3, 0.4) is 0 Å². The van der Waals surface area contributed by atoms with Gasteiger partial charge < -0.3 is 34.3 Å². The Morgan fingerprint density at radius 1 is 0.308 bits per heavy atom. The van der Waals surface area contributed by atoms with Gasteiger partial charge in [0.1, 0.15) is 23.1 Å². The van der Waals surface area contributed by atoms with Crippen LogP contribution >= 0.6 is 22.6 Å². The van der Waals surface area contributed by atoms with Crippen molar-refractivity contribution in [3.63, 3.8) is 0 Å². The highest BCUT2D eigenvalue weighted by molar-refractivity contribution is 14.1. The molecule has 6 atom stereocenters. The highest BCUT2D eigenvalue weighted by atomic mass is 127. The molecule has 6 unspecified atom stereocenters. The lowest BCUT2D eigenvalue weighted by Gasteiger charge is -2.56. The second-order valence-corrected chi connectivity index (χ2v) is 51.2. The van der Waals surface area contributed by atoms with Crippen molar-refractivity contribution in [2.24, 2.45) is 52.3 Å². The molecular weight excluding hydrogens is 1940 g/mol. The van der Waals surface area contributed by atoms with Crippen molar-refractivity contribution in [2.45, 2.75) is 285 Å². The van der Waals surface area contributed by atoms with E-state index >= 15 is 0 Å². The summed E-state index contributed by atoms with van der Waals surface area (Å²) >= 11 is 2.30. The number of rotatable bonds is 18. The number of fused-ring (bicyclic) bond motifs is 1. The zero-order chi connectivity index (χ0) is 99.8. The minimum absolute atomic E-state index is 0.0146. The number of carboxylic acid groups (broad SMARTS) is 2. The van der Waals surface area contributed by atoms with E-state index in [1.54, 1.807) is 0 Å². The van der Waals surface area contributed by atoms with Gasteiger partial charge in [0.25, 0.3) is 0 Å². The molecule has 1 aliphatic heterocycles. The Morgan fingerprint density at radius 3 is 0.797 bits per heavy atom. The lowest BCUT2D eigenvalue weighted by molar-refractivity contribution is -0.326. The summed E-state index contributed by atoms with van der Waals surface area (Å²) in [6, 6.07) is 126. The number of Topliss-reactive ketones (excluding diaryl/α,β-unsaturated/α-hetero) is 2. The Bertz CT molecular complexity index is 5550. The van der Waals surface area contributed by atoms with Gasteiger partial charge in [0.15, 0.2) is 58.7 Å². The molecule has 1 saturated heterocycles. The number of piperidine rings is 1. The number of ether oxygens (including phenoxy) is 1. The maximum Gasteiger partial charge on any atom is 0.166 e. The number of carbonyl (C=O) groups is 4. The minimum atomic E-state index is -0.913. The van der Waals surface area contributed by atoms with Gasteiger partial charge in [-0.05, 0) is 400 Å². The van der Waals surface area contributed by atoms with Gasteiger partial charge in [-0.25, -0.2) is 0 Å². The summed E-state index contributed by atoms with van der Waals surface area (Å²) in [4.78, 5) is 67.3. The lowest BCUT2D eigenvalue weighted by atomic mass is 9.49. The highest BCUT2D eigenvalue weighted by Gasteiger charge is 2.57. The molecule has 0 aromatic heterocycles. The molecule has 11 aliphatic carbocycles. The first-order valence-electron chi connectivity index (χ1n) is 52.6. The fourth-order valence-corrected chi connectivity index (χ4v) is 32.5. The van der Waals surface area contributed by atoms with E-state index in [4.69, 9.17) is 4.74 Å². The van der Waals surface area contributed by atoms with Crippen molar-refractivity contribution >= 4 is 89.7 Å². The normalized spacial score (nSPS) is 22.3. The Balaban J connectivity index is 0.000000119. The Morgan fingerprint density at radius 2 is 0.538 bits per heavy atom. The largest absolute Gasteiger partial charge is 0.550 e. The predicted octanol–water partition coefficient (Wildman–Crippen LogP) is 29.5. The van der Waals surface area contributed by atoms with Crippen LogP contribution in [0, 0.1) is 97.4 Å². The molecule has 143 heavy (non-hydrogen) atoms. The third-order valence-corrected chi connectivity index (χ3v) is 40.9. The average molecular weight is 2090 g/mol. The quantitative estimate of drug-likeness (QED) is 0.0609. The van der Waals surface area contributed by atoms with E-state index in [1.165, 1.54) is 205 Å². The first-order chi connectivity index (χ1) is 69.5. The predicted molar refractivity (Wildman–Crippen MR) is 595 cm³/mol. The summed E-state index contributed by atoms with van der Waals surface area (Å²) in [6.45, 7) is 14.2. The number of aryl methyl sites for hydroxylation is 6. The molecule has 25 rings (SSSR count). The van der Waals surface area contributed by atoms with E-state index in [0.717, 1.165) is 74.1 Å². The fraction of sp³-hybridized carbons (Fsp3) is 0.364. The van der Waals surface area contributed by atoms with Crippen LogP contribution in [-0.2, 0) is 62.8 Å². The summed E-state index contributed by atoms with van der Waals surface area (Å²) in [5.41, 5.74) is 6.56. The van der Waals surface area contributed by atoms with E-state index in [2.05, 4.69) is 410 Å². The topological polar surface area (TPSA) is 130 Å². The molecule has 11 saturated carbocycles. The molecule has 13 aromatic carbocycles. The maximum atomic E-state index is 11.7. The number of halogens is 1. The van der Waals surface area contributed by atoms with Crippen molar-refractivity contribution in [3.05, 3.63) is 383 Å². The van der Waals surface area contributed by atoms with Crippen LogP contribution in [0.2, 0.25) is 0 Å². The van der Waals surface area contributed by atoms with E-state index in [9.17, 15) is 29.4 Å². The number of hydrogen-bond donors (Lipinski definition) is 0. The van der Waals surface area contributed by atoms with Crippen molar-refractivity contribution in [1.82, 2.24) is 9.80 Å². The number of carboxylic acids is 2. The molecular formula is C129H145IN2O7S4+2. The smallest absolute Gasteiger partial charge is 0.166 e. The first kappa shape index (κ1) is 106. The van der Waals surface area contributed by atoms with Crippen LogP contribution in [0.25, 0.3) is 0 Å². The van der Waals surface area contributed by atoms with E-state index in [0.29, 0.717) is 49.1 Å². The maximum absolute atomic E-state index is 11.7. The van der Waals surface area contributed by atoms with Gasteiger partial charge in [-0.1, -0.05) is 249 Å². The molecule has 0 radical (unpaired) electrons. The molecule has 9 nitrogen and oxygen atoms in total. The third kappa shape index (κ3) is 28.2. The van der Waals surface area contributed by atoms with E-state index in [-0.39, 0.29) is 67.3 Å². The molecule has 0 spiro atoms. The molecule has 13 aromatic rings. The number of ketones is 2. The lowest BCUT2D eigenvalue weighted by Crippen LogP contribution is -2.57. The Kier molecular flexibility index (Phi) is 38.0. The second kappa shape index (κ2) is 51.4. The molecule has 0 N–H and O–H groups in total. The van der Waals surface area contributed by atoms with Crippen LogP contribution in [0.5, 0.6) is 11.5 Å². The van der Waals surface area contributed by atoms with Gasteiger partial charge in [0, 0.05) is 68.1 Å². The minimum Gasteiger partial charge on any atom is -0.550 e. The third-order valence-electron chi connectivity index (χ3n) is 31.2. The molecule has 12 aliphatic rings. The van der Waals surface area contributed by atoms with Crippen molar-refractivity contribution in [1.29, 1.82) is 0 Å². The number of carbonyl (C=O) groups excluding carboxylic acids is 4. The van der Waals surface area contributed by atoms with Crippen LogP contribution in [-0.4, -0.2) is 72.1 Å². The van der Waals surface area contributed by atoms with Crippen LogP contribution < -0.4 is 14.9 Å². The number of hydrogen-bond acceptors (Lipinski definition) is 9. The Hall–Kier alpha value is -10.0. The molecule has 742 valence electrons. The fourth-order valence-electron chi connectivity index (χ4n) is 23.9. The van der Waals surface area contributed by atoms with Gasteiger partial charge in [-0.15, -0.1) is 0 Å². The Labute approximate surface area is 878 Å². The number of nitrogens with zero attached hydrogens (tertiary/aromatic N) is 2. The second-order valence-electron chi connectivity index (χ2n) is 41.8. The van der Waals surface area contributed by atoms with Gasteiger partial charge in [0.05, 0.1) is 43.6 Å². The standard InChI is InChI=1S/C24H18IOS.2C21H21S.C18H15S.C13H25N.2C11H14O3.C10H19N/c25-19-11-13-20(14-12-19)26-21-15-17-24(18-16-21)27(22-7-3-1-4-8-22)23-9-5-2-6-10-23;2*1-16-4-10-19(11-5-16)22(20-12-6-17(2)7-13-20)21-14-8-18(3)9-15-21;1-4-10-16(11-5-1)19(17-12-6-2-7-13-17)18-14-8-3-9-15-18;1-14(12-8-4-2-5-9-12)13-10-6-3-7-11-13;2*12-9-7-1-6-2-8(9)5-11(3-6,4-7)10(13)14;1-11-8-4-6-9-5-2-3-7-10(9)11/h1-18H;2*4-15H,1-3H3;1-15H;12-13H,2-11H2,1H3;2*6-8H,1-5H2,(H,13,14);9-10H,2-8H2,1H3/q4*+1;;;;/p-2. The summed E-state index contributed by atoms with van der Waals surface area (Å²) in [5, 5.41) is 22.3. The number of likely N-dealkylation sites (tertiary alicyclic amines) is 1. The zero-order valence-electron chi connectivity index (χ0n) is 85.0. The first-order valence-corrected chi connectivity index (χ1v) is 58.5. The van der Waals surface area contributed by atoms with Crippen molar-refractivity contribution < 1.29 is 34.1 Å². The SMILES string of the molecule is CN(C1CCCCC1)C1CCCCC1.CN1CCCC2CCCCC21.Cc1ccc([S+](c2ccc(C)cc2)c2ccc(C)cc2)cc1.Cc1ccc([S+](c2ccc(C)cc2)c2ccc(C)cc2)cc1.Ic1ccc(Oc2ccc([S+](c3ccccc3)c3ccccc3)cc2)cc1.O=C1C2CC3CC1CC(C(=O)[O-])(C3)C2.O=C1C2CC3CC1CC(C(=O)[O-])(C3)C2.c1ccc([S+](c2ccccc2)c2ccccc2)cc1. The number of benzene rings is 13. The van der Waals surface area contributed by atoms with E-state index < -0.39 is 22.8 Å². The van der Waals surface area contributed by atoms with Gasteiger partial charge in [-0.2, -0.15) is 0 Å². The van der Waals surface area contributed by atoms with Crippen molar-refractivity contribution in [2.75, 3.05) is 20.6 Å². The average Bonchev–Trinajstić information content (AvgIpc) is 0.733. The zero-order valence-corrected chi connectivity index (χ0v) is 90.5. The monoisotopic (exact) mass is 2090 g/mol.